The van der Waals surface area contributed by atoms with Crippen LogP contribution < -0.4 is 21.7 Å². The van der Waals surface area contributed by atoms with Gasteiger partial charge in [-0.1, -0.05) is 50.1 Å². The van der Waals surface area contributed by atoms with E-state index in [0.29, 0.717) is 12.8 Å². The molecule has 1 rings (SSSR count). The molecule has 0 aliphatic rings. The summed E-state index contributed by atoms with van der Waals surface area (Å²) in [6.07, 6.45) is 1.23. The molecule has 0 fully saturated rings. The van der Waals surface area contributed by atoms with Crippen molar-refractivity contribution in [2.24, 2.45) is 5.73 Å². The van der Waals surface area contributed by atoms with E-state index in [2.05, 4.69) is 16.0 Å². The number of hydrogen-bond donors (Lipinski definition) is 5. The Balaban J connectivity index is 2.91. The highest BCUT2D eigenvalue weighted by molar-refractivity contribution is 7.90. The lowest BCUT2D eigenvalue weighted by Crippen LogP contribution is -2.56. The molecule has 0 heterocycles. The maximum absolute atomic E-state index is 12.9. The summed E-state index contributed by atoms with van der Waals surface area (Å²) in [6, 6.07) is 6.74. The van der Waals surface area contributed by atoms with Gasteiger partial charge in [-0.25, -0.2) is 8.42 Å². The molecule has 0 aliphatic carbocycles. The van der Waals surface area contributed by atoms with Gasteiger partial charge in [0.2, 0.25) is 17.7 Å². The van der Waals surface area contributed by atoms with Crippen molar-refractivity contribution in [3.05, 3.63) is 42.3 Å². The molecule has 0 aromatic heterocycles. The Hall–Kier alpha value is -2.99. The highest BCUT2D eigenvalue weighted by Gasteiger charge is 2.31. The van der Waals surface area contributed by atoms with Crippen molar-refractivity contribution in [2.75, 3.05) is 12.0 Å². The number of unbranched alkanes of at least 4 members (excludes halogenated alkanes) is 1. The average molecular weight is 498 g/mol. The first kappa shape index (κ1) is 29.0. The summed E-state index contributed by atoms with van der Waals surface area (Å²) in [4.78, 5) is 48.2. The Morgan fingerprint density at radius 3 is 2.26 bits per heavy atom. The molecule has 0 unspecified atom stereocenters. The fourth-order valence-corrected chi connectivity index (χ4v) is 3.70. The fraction of sp³-hybridized carbons (Fsp3) is 0.500. The van der Waals surface area contributed by atoms with Crippen LogP contribution in [0.5, 0.6) is 0 Å². The molecule has 1 radical (unpaired) electrons. The molecule has 0 aliphatic heterocycles. The van der Waals surface area contributed by atoms with Gasteiger partial charge in [0.1, 0.15) is 22.3 Å². The Morgan fingerprint density at radius 1 is 1.06 bits per heavy atom. The first-order chi connectivity index (χ1) is 15.9. The maximum Gasteiger partial charge on any atom is 0.251 e. The highest BCUT2D eigenvalue weighted by Crippen LogP contribution is 2.08. The van der Waals surface area contributed by atoms with Crippen LogP contribution in [0.3, 0.4) is 0 Å². The molecule has 12 heteroatoms. The number of nitrogens with two attached hydrogens (primary N) is 1. The number of nitrogens with one attached hydrogen (secondary N) is 3. The van der Waals surface area contributed by atoms with Crippen molar-refractivity contribution in [2.45, 2.75) is 57.3 Å². The van der Waals surface area contributed by atoms with Crippen molar-refractivity contribution in [3.8, 4) is 0 Å². The van der Waals surface area contributed by atoms with Gasteiger partial charge in [-0.15, -0.1) is 0 Å². The molecule has 4 amide bonds. The number of hydrogen-bond acceptors (Lipinski definition) is 7. The molecule has 11 nitrogen and oxygen atoms in total. The molecule has 6 N–H and O–H groups in total. The van der Waals surface area contributed by atoms with Gasteiger partial charge in [-0.2, -0.15) is 0 Å². The minimum atomic E-state index is -3.46. The van der Waals surface area contributed by atoms with E-state index in [1.165, 1.54) is 0 Å². The zero-order valence-corrected chi connectivity index (χ0v) is 20.1. The lowest BCUT2D eigenvalue weighted by Gasteiger charge is -2.26. The molecule has 1 aromatic carbocycles. The van der Waals surface area contributed by atoms with Crippen LogP contribution in [0.1, 0.15) is 38.2 Å². The standard InChI is InChI=1S/C22H33N4O7S/c1-3-4-10-16(20(29)22(31)24-14-15-8-6-5-7-9-15)26-21(30)17(11-12-34(2,32)33)25-19(28)13-18(23)27/h5-9,13,16-17,20,29H,3-4,10-12,14H2,1-2H3,(H2,23,27)(H,24,31)(H,25,28)(H,26,30)/t16-,17-,20-/m0/s1. The minimum absolute atomic E-state index is 0.182. The summed E-state index contributed by atoms with van der Waals surface area (Å²) >= 11 is 0. The van der Waals surface area contributed by atoms with Gasteiger partial charge in [0.05, 0.1) is 11.8 Å². The number of carbonyl (C=O) groups excluding carboxylic acids is 4. The van der Waals surface area contributed by atoms with E-state index in [-0.39, 0.29) is 19.4 Å². The van der Waals surface area contributed by atoms with E-state index in [4.69, 9.17) is 5.73 Å². The second-order valence-electron chi connectivity index (χ2n) is 7.93. The predicted molar refractivity (Wildman–Crippen MR) is 126 cm³/mol. The summed E-state index contributed by atoms with van der Waals surface area (Å²) in [5.74, 6) is -3.91. The zero-order chi connectivity index (χ0) is 25.7. The summed E-state index contributed by atoms with van der Waals surface area (Å²) in [6.45, 7) is 2.08. The van der Waals surface area contributed by atoms with Crippen molar-refractivity contribution >= 4 is 33.5 Å². The second-order valence-corrected chi connectivity index (χ2v) is 10.2. The van der Waals surface area contributed by atoms with Gasteiger partial charge in [-0.3, -0.25) is 19.2 Å². The van der Waals surface area contributed by atoms with Crippen molar-refractivity contribution in [1.29, 1.82) is 0 Å². The second kappa shape index (κ2) is 14.3. The number of primary amides is 1. The maximum atomic E-state index is 12.9. The molecule has 0 bridgehead atoms. The number of amides is 4. The van der Waals surface area contributed by atoms with E-state index in [1.807, 2.05) is 25.1 Å². The SMILES string of the molecule is CCCC[C@H](NC(=O)[C@H](CCS(C)(=O)=O)NC(=O)[CH]C(N)=O)[C@H](O)C(=O)NCc1ccccc1. The Labute approximate surface area is 199 Å². The zero-order valence-electron chi connectivity index (χ0n) is 19.3. The number of aliphatic hydroxyl groups is 1. The number of rotatable bonds is 15. The lowest BCUT2D eigenvalue weighted by molar-refractivity contribution is -0.134. The molecule has 0 saturated heterocycles. The van der Waals surface area contributed by atoms with Gasteiger partial charge < -0.3 is 26.8 Å². The molecule has 0 saturated carbocycles. The first-order valence-electron chi connectivity index (χ1n) is 10.9. The monoisotopic (exact) mass is 497 g/mol. The summed E-state index contributed by atoms with van der Waals surface area (Å²) in [5, 5.41) is 18.0. The smallest absolute Gasteiger partial charge is 0.251 e. The topological polar surface area (TPSA) is 185 Å². The van der Waals surface area contributed by atoms with Crippen LogP contribution in [0.15, 0.2) is 30.3 Å². The predicted octanol–water partition coefficient (Wildman–Crippen LogP) is -1.05. The van der Waals surface area contributed by atoms with E-state index in [0.717, 1.165) is 18.2 Å². The third-order valence-corrected chi connectivity index (χ3v) is 5.82. The lowest BCUT2D eigenvalue weighted by atomic mass is 10.0. The molecule has 3 atom stereocenters. The summed E-state index contributed by atoms with van der Waals surface area (Å²) in [7, 11) is -3.46. The average Bonchev–Trinajstić information content (AvgIpc) is 2.76. The van der Waals surface area contributed by atoms with E-state index >= 15 is 0 Å². The van der Waals surface area contributed by atoms with Crippen LogP contribution in [0.4, 0.5) is 0 Å². The highest BCUT2D eigenvalue weighted by atomic mass is 32.2. The van der Waals surface area contributed by atoms with E-state index < -0.39 is 57.4 Å². The Kier molecular flexibility index (Phi) is 12.2. The summed E-state index contributed by atoms with van der Waals surface area (Å²) < 4.78 is 23.1. The Morgan fingerprint density at radius 2 is 1.71 bits per heavy atom. The molecule has 34 heavy (non-hydrogen) atoms. The molecular weight excluding hydrogens is 464 g/mol. The fourth-order valence-electron chi connectivity index (χ4n) is 3.03. The van der Waals surface area contributed by atoms with Crippen LogP contribution in [0.2, 0.25) is 0 Å². The number of aliphatic hydroxyl groups excluding tert-OH is 1. The third-order valence-electron chi connectivity index (χ3n) is 4.84. The quantitative estimate of drug-likeness (QED) is 0.191. The molecular formula is C22H33N4O7S. The Bertz CT molecular complexity index is 938. The van der Waals surface area contributed by atoms with Crippen LogP contribution in [0.25, 0.3) is 0 Å². The van der Waals surface area contributed by atoms with E-state index in [9.17, 15) is 32.7 Å². The van der Waals surface area contributed by atoms with Crippen LogP contribution in [-0.4, -0.2) is 67.3 Å². The van der Waals surface area contributed by atoms with Crippen LogP contribution >= 0.6 is 0 Å². The third kappa shape index (κ3) is 11.8. The number of benzene rings is 1. The number of sulfone groups is 1. The largest absolute Gasteiger partial charge is 0.381 e. The normalized spacial score (nSPS) is 13.9. The van der Waals surface area contributed by atoms with Crippen molar-refractivity contribution in [3.63, 3.8) is 0 Å². The van der Waals surface area contributed by atoms with E-state index in [1.54, 1.807) is 12.1 Å². The molecule has 189 valence electrons. The van der Waals surface area contributed by atoms with Crippen LogP contribution in [-0.2, 0) is 35.6 Å². The molecule has 0 spiro atoms. The van der Waals surface area contributed by atoms with Crippen molar-refractivity contribution in [1.82, 2.24) is 16.0 Å². The number of carbonyl (C=O) groups is 4. The van der Waals surface area contributed by atoms with Gasteiger partial charge in [0, 0.05) is 12.8 Å². The minimum Gasteiger partial charge on any atom is -0.381 e. The molecule has 1 aromatic rings. The van der Waals surface area contributed by atoms with Crippen molar-refractivity contribution < 1.29 is 32.7 Å². The van der Waals surface area contributed by atoms with Gasteiger partial charge >= 0.3 is 0 Å². The van der Waals surface area contributed by atoms with Gasteiger partial charge in [0.25, 0.3) is 5.91 Å². The first-order valence-corrected chi connectivity index (χ1v) is 12.9. The van der Waals surface area contributed by atoms with Crippen LogP contribution in [0, 0.1) is 6.42 Å². The van der Waals surface area contributed by atoms with Gasteiger partial charge in [-0.05, 0) is 18.4 Å². The summed E-state index contributed by atoms with van der Waals surface area (Å²) in [5.41, 5.74) is 5.76. The van der Waals surface area contributed by atoms with Gasteiger partial charge in [0.15, 0.2) is 6.10 Å².